The van der Waals surface area contributed by atoms with Gasteiger partial charge >= 0.3 is 0 Å². The highest BCUT2D eigenvalue weighted by Crippen LogP contribution is 2.44. The van der Waals surface area contributed by atoms with Gasteiger partial charge in [0, 0.05) is 33.0 Å². The van der Waals surface area contributed by atoms with E-state index in [4.69, 9.17) is 14.4 Å². The van der Waals surface area contributed by atoms with Crippen molar-refractivity contribution in [1.82, 2.24) is 9.97 Å². The summed E-state index contributed by atoms with van der Waals surface area (Å²) in [6.07, 6.45) is 5.23. The van der Waals surface area contributed by atoms with Crippen LogP contribution in [0.25, 0.3) is 66.0 Å². The first-order valence-electron chi connectivity index (χ1n) is 16.6. The molecule has 0 saturated heterocycles. The van der Waals surface area contributed by atoms with Crippen LogP contribution in [-0.2, 0) is 0 Å². The Kier molecular flexibility index (Phi) is 6.57. The van der Waals surface area contributed by atoms with Crippen molar-refractivity contribution in [2.45, 2.75) is 79.1 Å². The molecule has 2 heterocycles. The first-order valence-corrected chi connectivity index (χ1v) is 16.6. The van der Waals surface area contributed by atoms with E-state index in [1.54, 1.807) is 0 Å². The Morgan fingerprint density at radius 1 is 0.733 bits per heavy atom. The van der Waals surface area contributed by atoms with Crippen molar-refractivity contribution in [3.05, 3.63) is 106 Å². The zero-order valence-corrected chi connectivity index (χ0v) is 27.2. The van der Waals surface area contributed by atoms with Gasteiger partial charge in [0.25, 0.3) is 0 Å². The van der Waals surface area contributed by atoms with Crippen LogP contribution in [0.2, 0.25) is 0 Å². The molecule has 0 spiro atoms. The summed E-state index contributed by atoms with van der Waals surface area (Å²) in [6, 6.07) is 26.5. The molecule has 0 N–H and O–H groups in total. The second kappa shape index (κ2) is 10.5. The highest BCUT2D eigenvalue weighted by molar-refractivity contribution is 6.15. The number of hydrogen-bond donors (Lipinski definition) is 0. The largest absolute Gasteiger partial charge is 0.455 e. The number of para-hydroxylation sites is 1. The van der Waals surface area contributed by atoms with Crippen molar-refractivity contribution in [3.63, 3.8) is 0 Å². The van der Waals surface area contributed by atoms with Crippen LogP contribution >= 0.6 is 0 Å². The Balaban J connectivity index is 1.40. The lowest BCUT2D eigenvalue weighted by atomic mass is 9.85. The summed E-state index contributed by atoms with van der Waals surface area (Å²) in [5.41, 5.74) is 14.2. The molecule has 1 aliphatic rings. The van der Waals surface area contributed by atoms with Gasteiger partial charge in [0.15, 0.2) is 0 Å². The lowest BCUT2D eigenvalue weighted by Gasteiger charge is -2.20. The number of aryl methyl sites for hydroxylation is 4. The minimum absolute atomic E-state index is 0.193. The monoisotopic (exact) mass is 588 g/mol. The molecule has 3 heteroatoms. The fraction of sp³-hybridized carbons (Fsp3) is 0.286. The Bertz CT molecular complexity index is 2280. The Morgan fingerprint density at radius 2 is 1.47 bits per heavy atom. The molecule has 8 rings (SSSR count). The van der Waals surface area contributed by atoms with Gasteiger partial charge in [-0.25, -0.2) is 9.97 Å². The molecule has 0 amide bonds. The second-order valence-corrected chi connectivity index (χ2v) is 13.6. The van der Waals surface area contributed by atoms with E-state index in [-0.39, 0.29) is 5.92 Å². The summed E-state index contributed by atoms with van der Waals surface area (Å²) < 4.78 is 6.78. The minimum Gasteiger partial charge on any atom is -0.455 e. The molecule has 0 bridgehead atoms. The van der Waals surface area contributed by atoms with E-state index in [2.05, 4.69) is 114 Å². The van der Waals surface area contributed by atoms with Crippen LogP contribution < -0.4 is 0 Å². The number of nitrogens with zero attached hydrogens (tertiary/aromatic N) is 2. The number of benzene rings is 5. The smallest absolute Gasteiger partial charge is 0.144 e. The Labute approximate surface area is 265 Å². The fourth-order valence-electron chi connectivity index (χ4n) is 8.20. The molecule has 7 aromatic rings. The molecule has 45 heavy (non-hydrogen) atoms. The molecular weight excluding hydrogens is 548 g/mol. The third kappa shape index (κ3) is 4.39. The molecule has 224 valence electrons. The molecule has 1 fully saturated rings. The first-order chi connectivity index (χ1) is 21.8. The highest BCUT2D eigenvalue weighted by Gasteiger charge is 2.24. The van der Waals surface area contributed by atoms with Gasteiger partial charge in [0.05, 0.1) is 11.2 Å². The quantitative estimate of drug-likeness (QED) is 0.192. The first kappa shape index (κ1) is 28.0. The van der Waals surface area contributed by atoms with Gasteiger partial charge in [-0.1, -0.05) is 75.2 Å². The van der Waals surface area contributed by atoms with E-state index in [1.165, 1.54) is 75.4 Å². The molecule has 1 aliphatic carbocycles. The van der Waals surface area contributed by atoms with E-state index in [0.717, 1.165) is 49.9 Å². The molecule has 5 aromatic carbocycles. The van der Waals surface area contributed by atoms with Crippen LogP contribution in [0.3, 0.4) is 0 Å². The average molecular weight is 589 g/mol. The minimum atomic E-state index is 0.193. The van der Waals surface area contributed by atoms with Crippen molar-refractivity contribution in [1.29, 1.82) is 0 Å². The fourth-order valence-corrected chi connectivity index (χ4v) is 8.20. The van der Waals surface area contributed by atoms with E-state index in [9.17, 15) is 0 Å². The average Bonchev–Trinajstić information content (AvgIpc) is 3.68. The van der Waals surface area contributed by atoms with Crippen LogP contribution in [0.1, 0.15) is 85.0 Å². The van der Waals surface area contributed by atoms with Gasteiger partial charge in [0.1, 0.15) is 17.0 Å². The molecule has 0 aliphatic heterocycles. The molecule has 1 saturated carbocycles. The van der Waals surface area contributed by atoms with Gasteiger partial charge in [0.2, 0.25) is 0 Å². The zero-order chi connectivity index (χ0) is 31.0. The number of fused-ring (bicyclic) bond motifs is 6. The van der Waals surface area contributed by atoms with Crippen LogP contribution in [0.15, 0.2) is 77.2 Å². The number of rotatable bonds is 4. The summed E-state index contributed by atoms with van der Waals surface area (Å²) >= 11 is 0. The number of furan rings is 1. The third-order valence-corrected chi connectivity index (χ3v) is 10.3. The van der Waals surface area contributed by atoms with E-state index in [0.29, 0.717) is 5.92 Å². The van der Waals surface area contributed by atoms with Crippen molar-refractivity contribution in [2.75, 3.05) is 0 Å². The molecule has 0 atom stereocenters. The zero-order valence-electron chi connectivity index (χ0n) is 27.2. The normalized spacial score (nSPS) is 14.2. The van der Waals surface area contributed by atoms with Crippen LogP contribution in [-0.4, -0.2) is 9.97 Å². The molecule has 2 aromatic heterocycles. The lowest BCUT2D eigenvalue weighted by molar-refractivity contribution is 0.670. The molecular formula is C42H40N2O. The van der Waals surface area contributed by atoms with Gasteiger partial charge in [-0.2, -0.15) is 0 Å². The summed E-state index contributed by atoms with van der Waals surface area (Å²) in [4.78, 5) is 10.6. The topological polar surface area (TPSA) is 38.9 Å². The van der Waals surface area contributed by atoms with Crippen LogP contribution in [0, 0.1) is 27.7 Å². The summed E-state index contributed by atoms with van der Waals surface area (Å²) in [7, 11) is 0. The maximum Gasteiger partial charge on any atom is 0.144 e. The number of aromatic nitrogens is 2. The predicted molar refractivity (Wildman–Crippen MR) is 189 cm³/mol. The maximum absolute atomic E-state index is 6.78. The van der Waals surface area contributed by atoms with Crippen LogP contribution in [0.5, 0.6) is 0 Å². The second-order valence-electron chi connectivity index (χ2n) is 13.6. The molecule has 3 nitrogen and oxygen atoms in total. The van der Waals surface area contributed by atoms with Crippen molar-refractivity contribution >= 4 is 43.6 Å². The van der Waals surface area contributed by atoms with Gasteiger partial charge in [-0.05, 0) is 115 Å². The van der Waals surface area contributed by atoms with Gasteiger partial charge in [-0.3, -0.25) is 0 Å². The molecule has 0 radical (unpaired) electrons. The van der Waals surface area contributed by atoms with Gasteiger partial charge in [-0.15, -0.1) is 0 Å². The third-order valence-electron chi connectivity index (χ3n) is 10.3. The van der Waals surface area contributed by atoms with E-state index in [1.807, 2.05) is 0 Å². The van der Waals surface area contributed by atoms with E-state index < -0.39 is 0 Å². The van der Waals surface area contributed by atoms with Gasteiger partial charge < -0.3 is 4.42 Å². The Hall–Kier alpha value is -4.50. The maximum atomic E-state index is 6.78. The summed E-state index contributed by atoms with van der Waals surface area (Å²) in [5, 5.41) is 5.87. The Morgan fingerprint density at radius 3 is 2.22 bits per heavy atom. The highest BCUT2D eigenvalue weighted by atomic mass is 16.3. The predicted octanol–water partition coefficient (Wildman–Crippen LogP) is 12.0. The SMILES string of the molecule is Cc1cccc(C)c1-c1ccc2c(c1)oc1c(-c3nc(C(C)C)nc4c3ccc3cc(C)c(C5CCCC5)c(C)c34)cccc12. The van der Waals surface area contributed by atoms with E-state index >= 15 is 0 Å². The van der Waals surface area contributed by atoms with Crippen molar-refractivity contribution in [3.8, 4) is 22.4 Å². The van der Waals surface area contributed by atoms with Crippen molar-refractivity contribution < 1.29 is 4.42 Å². The number of hydrogen-bond acceptors (Lipinski definition) is 3. The summed E-state index contributed by atoms with van der Waals surface area (Å²) in [6.45, 7) is 13.4. The lowest BCUT2D eigenvalue weighted by Crippen LogP contribution is -2.04. The standard InChI is InChI=1S/C42H40N2O/c1-23(2)42-43-39(33-20-18-29-21-26(5)37(28-13-7-8-14-28)27(6)38(29)40(33)44-42)34-16-10-15-32-31-19-17-30(22-35(31)45-41(32)34)36-24(3)11-9-12-25(36)4/h9-12,15-23,28H,7-8,13-14H2,1-6H3. The van der Waals surface area contributed by atoms with Crippen LogP contribution in [0.4, 0.5) is 0 Å². The van der Waals surface area contributed by atoms with Crippen molar-refractivity contribution in [2.24, 2.45) is 0 Å². The molecule has 0 unspecified atom stereocenters. The summed E-state index contributed by atoms with van der Waals surface area (Å²) in [5.74, 6) is 1.71.